The summed E-state index contributed by atoms with van der Waals surface area (Å²) in [4.78, 5) is 11.5. The monoisotopic (exact) mass is 292 g/mol. The van der Waals surface area contributed by atoms with Crippen LogP contribution in [0.15, 0.2) is 47.4 Å². The zero-order valence-electron chi connectivity index (χ0n) is 10.8. The number of hydrogen-bond acceptors (Lipinski definition) is 3. The first-order chi connectivity index (χ1) is 9.61. The van der Waals surface area contributed by atoms with Gasteiger partial charge < -0.3 is 9.84 Å². The average Bonchev–Trinajstić information content (AvgIpc) is 2.45. The number of halogens is 1. The van der Waals surface area contributed by atoms with Crippen molar-refractivity contribution < 1.29 is 19.0 Å². The van der Waals surface area contributed by atoms with Crippen molar-refractivity contribution in [2.45, 2.75) is 10.6 Å². The number of ether oxygens (including phenoxy) is 1. The van der Waals surface area contributed by atoms with Crippen LogP contribution in [-0.4, -0.2) is 18.2 Å². The van der Waals surface area contributed by atoms with Gasteiger partial charge in [-0.15, -0.1) is 11.8 Å². The summed E-state index contributed by atoms with van der Waals surface area (Å²) in [6.45, 7) is 0. The third-order valence-corrected chi connectivity index (χ3v) is 3.87. The van der Waals surface area contributed by atoms with Crippen LogP contribution in [0.25, 0.3) is 0 Å². The van der Waals surface area contributed by atoms with Gasteiger partial charge in [-0.2, -0.15) is 0 Å². The summed E-state index contributed by atoms with van der Waals surface area (Å²) in [7, 11) is 1.59. The SMILES string of the molecule is COc1ccc(CSc2cccc(F)c2C(=O)O)cc1. The molecule has 0 atom stereocenters. The maximum atomic E-state index is 13.5. The van der Waals surface area contributed by atoms with Crippen molar-refractivity contribution in [1.29, 1.82) is 0 Å². The van der Waals surface area contributed by atoms with E-state index in [2.05, 4.69) is 0 Å². The molecule has 2 aromatic carbocycles. The third-order valence-electron chi connectivity index (χ3n) is 2.74. The second kappa shape index (κ2) is 6.43. The van der Waals surface area contributed by atoms with Crippen molar-refractivity contribution in [3.63, 3.8) is 0 Å². The van der Waals surface area contributed by atoms with Crippen LogP contribution in [0.2, 0.25) is 0 Å². The molecule has 0 unspecified atom stereocenters. The fourth-order valence-corrected chi connectivity index (χ4v) is 2.73. The minimum atomic E-state index is -1.25. The van der Waals surface area contributed by atoms with Crippen LogP contribution in [0.1, 0.15) is 15.9 Å². The molecule has 0 radical (unpaired) electrons. The summed E-state index contributed by atoms with van der Waals surface area (Å²) in [5.41, 5.74) is 0.738. The van der Waals surface area contributed by atoms with E-state index < -0.39 is 11.8 Å². The summed E-state index contributed by atoms with van der Waals surface area (Å²) >= 11 is 1.29. The van der Waals surface area contributed by atoms with Gasteiger partial charge in [0.1, 0.15) is 17.1 Å². The Morgan fingerprint density at radius 1 is 1.25 bits per heavy atom. The van der Waals surface area contributed by atoms with Crippen LogP contribution in [0.5, 0.6) is 5.75 Å². The molecule has 3 nitrogen and oxygen atoms in total. The maximum Gasteiger partial charge on any atom is 0.339 e. The number of carboxylic acids is 1. The zero-order valence-corrected chi connectivity index (χ0v) is 11.6. The molecule has 1 N–H and O–H groups in total. The lowest BCUT2D eigenvalue weighted by atomic mass is 10.2. The van der Waals surface area contributed by atoms with Crippen molar-refractivity contribution in [3.05, 3.63) is 59.4 Å². The van der Waals surface area contributed by atoms with E-state index >= 15 is 0 Å². The summed E-state index contributed by atoms with van der Waals surface area (Å²) in [5, 5.41) is 9.04. The minimum absolute atomic E-state index is 0.272. The van der Waals surface area contributed by atoms with Crippen molar-refractivity contribution >= 4 is 17.7 Å². The molecule has 20 heavy (non-hydrogen) atoms. The first-order valence-corrected chi connectivity index (χ1v) is 6.88. The molecule has 5 heteroatoms. The van der Waals surface area contributed by atoms with Crippen LogP contribution in [0.3, 0.4) is 0 Å². The van der Waals surface area contributed by atoms with Crippen LogP contribution < -0.4 is 4.74 Å². The highest BCUT2D eigenvalue weighted by atomic mass is 32.2. The third kappa shape index (κ3) is 3.30. The highest BCUT2D eigenvalue weighted by Gasteiger charge is 2.15. The summed E-state index contributed by atoms with van der Waals surface area (Å²) in [5.74, 6) is -0.637. The number of benzene rings is 2. The number of carboxylic acid groups (broad SMARTS) is 1. The smallest absolute Gasteiger partial charge is 0.339 e. The van der Waals surface area contributed by atoms with E-state index in [-0.39, 0.29) is 5.56 Å². The summed E-state index contributed by atoms with van der Waals surface area (Å²) in [6, 6.07) is 11.7. The molecule has 0 bridgehead atoms. The molecular weight excluding hydrogens is 279 g/mol. The Morgan fingerprint density at radius 3 is 2.55 bits per heavy atom. The van der Waals surface area contributed by atoms with E-state index in [1.54, 1.807) is 13.2 Å². The fourth-order valence-electron chi connectivity index (χ4n) is 1.72. The van der Waals surface area contributed by atoms with Crippen molar-refractivity contribution in [1.82, 2.24) is 0 Å². The molecule has 0 heterocycles. The fraction of sp³-hybridized carbons (Fsp3) is 0.133. The molecule has 2 rings (SSSR count). The van der Waals surface area contributed by atoms with Gasteiger partial charge in [0.15, 0.2) is 0 Å². The molecule has 2 aromatic rings. The second-order valence-electron chi connectivity index (χ2n) is 4.05. The van der Waals surface area contributed by atoms with Crippen LogP contribution in [0, 0.1) is 5.82 Å². The van der Waals surface area contributed by atoms with Gasteiger partial charge in [-0.1, -0.05) is 18.2 Å². The van der Waals surface area contributed by atoms with Gasteiger partial charge in [0.05, 0.1) is 7.11 Å². The summed E-state index contributed by atoms with van der Waals surface area (Å²) < 4.78 is 18.6. The van der Waals surface area contributed by atoms with E-state index in [9.17, 15) is 9.18 Å². The molecular formula is C15H13FO3S. The number of rotatable bonds is 5. The van der Waals surface area contributed by atoms with Gasteiger partial charge in [0.25, 0.3) is 0 Å². The van der Waals surface area contributed by atoms with Crippen molar-refractivity contribution in [3.8, 4) is 5.75 Å². The van der Waals surface area contributed by atoms with E-state index in [0.29, 0.717) is 10.6 Å². The zero-order chi connectivity index (χ0) is 14.5. The molecule has 0 aliphatic heterocycles. The molecule has 0 aliphatic rings. The lowest BCUT2D eigenvalue weighted by Gasteiger charge is -2.07. The lowest BCUT2D eigenvalue weighted by Crippen LogP contribution is -2.02. The van der Waals surface area contributed by atoms with E-state index in [4.69, 9.17) is 9.84 Å². The normalized spacial score (nSPS) is 10.3. The highest BCUT2D eigenvalue weighted by Crippen LogP contribution is 2.28. The van der Waals surface area contributed by atoms with Gasteiger partial charge >= 0.3 is 5.97 Å². The Bertz CT molecular complexity index is 611. The average molecular weight is 292 g/mol. The molecule has 0 saturated carbocycles. The van der Waals surface area contributed by atoms with E-state index in [1.165, 1.54) is 17.8 Å². The van der Waals surface area contributed by atoms with E-state index in [1.807, 2.05) is 24.3 Å². The van der Waals surface area contributed by atoms with E-state index in [0.717, 1.165) is 17.4 Å². The molecule has 0 amide bonds. The standard InChI is InChI=1S/C15H13FO3S/c1-19-11-7-5-10(6-8-11)9-20-13-4-2-3-12(16)14(13)15(17)18/h2-8H,9H2,1H3,(H,17,18). The number of thioether (sulfide) groups is 1. The predicted octanol–water partition coefficient (Wildman–Crippen LogP) is 3.82. The summed E-state index contributed by atoms with van der Waals surface area (Å²) in [6.07, 6.45) is 0. The van der Waals surface area contributed by atoms with Crippen LogP contribution >= 0.6 is 11.8 Å². The molecule has 0 fully saturated rings. The van der Waals surface area contributed by atoms with Gasteiger partial charge in [-0.25, -0.2) is 9.18 Å². The quantitative estimate of drug-likeness (QED) is 0.851. The second-order valence-corrected chi connectivity index (χ2v) is 5.07. The Kier molecular flexibility index (Phi) is 4.63. The highest BCUT2D eigenvalue weighted by molar-refractivity contribution is 7.98. The number of methoxy groups -OCH3 is 1. The Balaban J connectivity index is 2.14. The Hall–Kier alpha value is -2.01. The minimum Gasteiger partial charge on any atom is -0.497 e. The number of aromatic carboxylic acids is 1. The largest absolute Gasteiger partial charge is 0.497 e. The molecule has 0 aliphatic carbocycles. The van der Waals surface area contributed by atoms with Crippen molar-refractivity contribution in [2.75, 3.05) is 7.11 Å². The number of carbonyl (C=O) groups is 1. The Morgan fingerprint density at radius 2 is 1.95 bits per heavy atom. The Labute approximate surface area is 120 Å². The van der Waals surface area contributed by atoms with Gasteiger partial charge in [-0.3, -0.25) is 0 Å². The van der Waals surface area contributed by atoms with Crippen LogP contribution in [0.4, 0.5) is 4.39 Å². The topological polar surface area (TPSA) is 46.5 Å². The van der Waals surface area contributed by atoms with Crippen molar-refractivity contribution in [2.24, 2.45) is 0 Å². The molecule has 0 spiro atoms. The molecule has 0 saturated heterocycles. The molecule has 0 aromatic heterocycles. The first kappa shape index (κ1) is 14.4. The molecule has 104 valence electrons. The van der Waals surface area contributed by atoms with Crippen LogP contribution in [-0.2, 0) is 5.75 Å². The van der Waals surface area contributed by atoms with Gasteiger partial charge in [-0.05, 0) is 29.8 Å². The van der Waals surface area contributed by atoms with Gasteiger partial charge in [0, 0.05) is 10.6 Å². The first-order valence-electron chi connectivity index (χ1n) is 5.89. The predicted molar refractivity (Wildman–Crippen MR) is 75.9 cm³/mol. The maximum absolute atomic E-state index is 13.5. The van der Waals surface area contributed by atoms with Gasteiger partial charge in [0.2, 0.25) is 0 Å². The lowest BCUT2D eigenvalue weighted by molar-refractivity contribution is 0.0688. The number of hydrogen-bond donors (Lipinski definition) is 1.